The lowest BCUT2D eigenvalue weighted by molar-refractivity contribution is -0.137. The Balaban J connectivity index is 1.47. The van der Waals surface area contributed by atoms with Crippen LogP contribution in [0.1, 0.15) is 11.1 Å². The minimum Gasteiger partial charge on any atom is -0.480 e. The van der Waals surface area contributed by atoms with Crippen molar-refractivity contribution in [2.75, 3.05) is 5.32 Å². The summed E-state index contributed by atoms with van der Waals surface area (Å²) in [7, 11) is 0. The monoisotopic (exact) mass is 437 g/mol. The molecule has 4 aromatic rings. The van der Waals surface area contributed by atoms with Gasteiger partial charge in [-0.1, -0.05) is 30.3 Å². The number of nitrogens with one attached hydrogen (secondary N) is 1. The van der Waals surface area contributed by atoms with E-state index in [1.54, 1.807) is 30.3 Å². The van der Waals surface area contributed by atoms with Gasteiger partial charge < -0.3 is 15.2 Å². The summed E-state index contributed by atoms with van der Waals surface area (Å²) in [5.41, 5.74) is 2.82. The largest absolute Gasteiger partial charge is 0.480 e. The number of carboxylic acid groups (broad SMARTS) is 1. The normalized spacial score (nSPS) is 11.2. The van der Waals surface area contributed by atoms with E-state index >= 15 is 0 Å². The lowest BCUT2D eigenvalue weighted by Gasteiger charge is -2.15. The summed E-state index contributed by atoms with van der Waals surface area (Å²) < 4.78 is 5.70. The first-order valence-electron chi connectivity index (χ1n) is 10.1. The molecule has 0 radical (unpaired) electrons. The molecule has 0 amide bonds. The predicted octanol–water partition coefficient (Wildman–Crippen LogP) is 4.31. The third-order valence-electron chi connectivity index (χ3n) is 4.81. The van der Waals surface area contributed by atoms with Gasteiger partial charge in [0, 0.05) is 30.3 Å². The molecule has 0 unspecified atom stereocenters. The summed E-state index contributed by atoms with van der Waals surface area (Å²) in [4.78, 5) is 24.3. The number of aliphatic carboxylic acids is 1. The number of rotatable bonds is 8. The van der Waals surface area contributed by atoms with Gasteiger partial charge in [-0.2, -0.15) is 5.26 Å². The number of hydrogen-bond donors (Lipinski definition) is 2. The molecular weight excluding hydrogens is 418 g/mol. The zero-order chi connectivity index (χ0) is 23.0. The fraction of sp³-hybridized carbons (Fsp3) is 0.0800. The van der Waals surface area contributed by atoms with E-state index < -0.39 is 12.0 Å². The maximum Gasteiger partial charge on any atom is 0.326 e. The second-order valence-corrected chi connectivity index (χ2v) is 7.13. The van der Waals surface area contributed by atoms with Crippen LogP contribution in [0.3, 0.4) is 0 Å². The van der Waals surface area contributed by atoms with Gasteiger partial charge in [0.1, 0.15) is 23.9 Å². The average molecular weight is 437 g/mol. The summed E-state index contributed by atoms with van der Waals surface area (Å²) >= 11 is 0. The molecule has 33 heavy (non-hydrogen) atoms. The summed E-state index contributed by atoms with van der Waals surface area (Å²) in [6.07, 6.45) is 3.23. The molecule has 0 aliphatic rings. The maximum absolute atomic E-state index is 11.7. The van der Waals surface area contributed by atoms with Gasteiger partial charge in [-0.15, -0.1) is 0 Å². The molecule has 2 N–H and O–H groups in total. The van der Waals surface area contributed by atoms with Crippen LogP contribution < -0.4 is 10.1 Å². The van der Waals surface area contributed by atoms with Crippen LogP contribution in [0.4, 0.5) is 5.82 Å². The Labute approximate surface area is 190 Å². The Hall–Kier alpha value is -4.77. The molecule has 0 fully saturated rings. The van der Waals surface area contributed by atoms with Crippen molar-refractivity contribution < 1.29 is 14.6 Å². The molecule has 8 heteroatoms. The summed E-state index contributed by atoms with van der Waals surface area (Å²) in [5.74, 6) is 0.340. The Morgan fingerprint density at radius 2 is 1.82 bits per heavy atom. The molecule has 1 atom stereocenters. The Morgan fingerprint density at radius 1 is 1.03 bits per heavy atom. The van der Waals surface area contributed by atoms with E-state index in [1.165, 1.54) is 12.5 Å². The molecule has 2 heterocycles. The minimum atomic E-state index is -0.963. The van der Waals surface area contributed by atoms with Crippen LogP contribution in [0.2, 0.25) is 0 Å². The number of ether oxygens (including phenoxy) is 1. The number of anilines is 1. The first-order valence-corrected chi connectivity index (χ1v) is 10.1. The van der Waals surface area contributed by atoms with Crippen molar-refractivity contribution in [3.05, 3.63) is 96.4 Å². The molecule has 8 nitrogen and oxygen atoms in total. The third-order valence-corrected chi connectivity index (χ3v) is 4.81. The van der Waals surface area contributed by atoms with Gasteiger partial charge in [-0.3, -0.25) is 0 Å². The molecule has 2 aromatic heterocycles. The fourth-order valence-electron chi connectivity index (χ4n) is 3.17. The Morgan fingerprint density at radius 3 is 2.55 bits per heavy atom. The molecule has 0 saturated heterocycles. The van der Waals surface area contributed by atoms with Gasteiger partial charge in [0.25, 0.3) is 0 Å². The van der Waals surface area contributed by atoms with E-state index in [0.717, 1.165) is 11.1 Å². The summed E-state index contributed by atoms with van der Waals surface area (Å²) in [6.45, 7) is 0. The van der Waals surface area contributed by atoms with Crippen molar-refractivity contribution in [2.45, 2.75) is 12.5 Å². The Kier molecular flexibility index (Phi) is 6.52. The SMILES string of the molecule is N#Cc1ccnc(Oc2ccc(-c3cc(N[C@@H](Cc4ccccc4)C(=O)O)ncn3)cc2)c1. The summed E-state index contributed by atoms with van der Waals surface area (Å²) in [6, 6.07) is 22.7. The average Bonchev–Trinajstić information content (AvgIpc) is 2.85. The van der Waals surface area contributed by atoms with Crippen molar-refractivity contribution in [2.24, 2.45) is 0 Å². The molecular formula is C25H19N5O3. The van der Waals surface area contributed by atoms with Crippen LogP contribution in [0.5, 0.6) is 11.6 Å². The van der Waals surface area contributed by atoms with Crippen LogP contribution >= 0.6 is 0 Å². The molecule has 0 saturated carbocycles. The van der Waals surface area contributed by atoms with Gasteiger partial charge in [0.2, 0.25) is 5.88 Å². The highest BCUT2D eigenvalue weighted by molar-refractivity contribution is 5.77. The van der Waals surface area contributed by atoms with Crippen molar-refractivity contribution in [1.82, 2.24) is 15.0 Å². The van der Waals surface area contributed by atoms with Crippen molar-refractivity contribution in [1.29, 1.82) is 5.26 Å². The van der Waals surface area contributed by atoms with E-state index in [9.17, 15) is 9.90 Å². The van der Waals surface area contributed by atoms with Gasteiger partial charge in [-0.05, 0) is 35.9 Å². The standard InChI is InChI=1S/C25H19N5O3/c26-15-18-10-11-27-24(13-18)33-20-8-6-19(7-9-20)21-14-23(29-16-28-21)30-22(25(31)32)12-17-4-2-1-3-5-17/h1-11,13-14,16,22H,12H2,(H,31,32)(H,28,29,30)/t22-/m0/s1. The summed E-state index contributed by atoms with van der Waals surface area (Å²) in [5, 5.41) is 21.6. The van der Waals surface area contributed by atoms with Gasteiger partial charge in [0.05, 0.1) is 17.3 Å². The van der Waals surface area contributed by atoms with Crippen molar-refractivity contribution >= 4 is 11.8 Å². The topological polar surface area (TPSA) is 121 Å². The highest BCUT2D eigenvalue weighted by atomic mass is 16.5. The van der Waals surface area contributed by atoms with Crippen LogP contribution in [0.15, 0.2) is 85.3 Å². The number of aromatic nitrogens is 3. The van der Waals surface area contributed by atoms with Crippen LogP contribution in [-0.4, -0.2) is 32.1 Å². The number of nitriles is 1. The lowest BCUT2D eigenvalue weighted by atomic mass is 10.1. The molecule has 4 rings (SSSR count). The Bertz CT molecular complexity index is 1290. The lowest BCUT2D eigenvalue weighted by Crippen LogP contribution is -2.31. The van der Waals surface area contributed by atoms with E-state index in [1.807, 2.05) is 48.5 Å². The highest BCUT2D eigenvalue weighted by Gasteiger charge is 2.18. The van der Waals surface area contributed by atoms with E-state index in [-0.39, 0.29) is 0 Å². The molecule has 0 aliphatic carbocycles. The number of hydrogen-bond acceptors (Lipinski definition) is 7. The van der Waals surface area contributed by atoms with Gasteiger partial charge in [0.15, 0.2) is 0 Å². The zero-order valence-corrected chi connectivity index (χ0v) is 17.4. The predicted molar refractivity (Wildman–Crippen MR) is 122 cm³/mol. The van der Waals surface area contributed by atoms with E-state index in [2.05, 4.69) is 20.3 Å². The van der Waals surface area contributed by atoms with Crippen LogP contribution in [0, 0.1) is 11.3 Å². The number of nitrogens with zero attached hydrogens (tertiary/aromatic N) is 4. The molecule has 0 spiro atoms. The van der Waals surface area contributed by atoms with E-state index in [4.69, 9.17) is 10.00 Å². The molecule has 162 valence electrons. The first-order chi connectivity index (χ1) is 16.1. The number of carbonyl (C=O) groups is 1. The first kappa shape index (κ1) is 21.5. The van der Waals surface area contributed by atoms with Crippen molar-refractivity contribution in [3.8, 4) is 29.0 Å². The zero-order valence-electron chi connectivity index (χ0n) is 17.4. The van der Waals surface area contributed by atoms with E-state index in [0.29, 0.717) is 35.1 Å². The number of benzene rings is 2. The second-order valence-electron chi connectivity index (χ2n) is 7.13. The highest BCUT2D eigenvalue weighted by Crippen LogP contribution is 2.25. The smallest absolute Gasteiger partial charge is 0.326 e. The van der Waals surface area contributed by atoms with Crippen LogP contribution in [-0.2, 0) is 11.2 Å². The van der Waals surface area contributed by atoms with Gasteiger partial charge in [-0.25, -0.2) is 19.7 Å². The fourth-order valence-corrected chi connectivity index (χ4v) is 3.17. The van der Waals surface area contributed by atoms with Crippen molar-refractivity contribution in [3.63, 3.8) is 0 Å². The second kappa shape index (κ2) is 10.0. The van der Waals surface area contributed by atoms with Crippen LogP contribution in [0.25, 0.3) is 11.3 Å². The number of pyridine rings is 1. The van der Waals surface area contributed by atoms with Gasteiger partial charge >= 0.3 is 5.97 Å². The molecule has 0 aliphatic heterocycles. The third kappa shape index (κ3) is 5.68. The number of carboxylic acids is 1. The quantitative estimate of drug-likeness (QED) is 0.418. The molecule has 2 aromatic carbocycles. The minimum absolute atomic E-state index is 0.322. The maximum atomic E-state index is 11.7. The molecule has 0 bridgehead atoms.